The van der Waals surface area contributed by atoms with Crippen molar-refractivity contribution in [2.75, 3.05) is 32.7 Å². The highest BCUT2D eigenvalue weighted by molar-refractivity contribution is 5.99. The number of ether oxygens (including phenoxy) is 4. The topological polar surface area (TPSA) is 181 Å². The summed E-state index contributed by atoms with van der Waals surface area (Å²) in [5.74, 6) is 0.339. The maximum atomic E-state index is 13.1. The minimum Gasteiger partial charge on any atom is -0.444 e. The molecule has 0 aromatic rings. The minimum absolute atomic E-state index is 0.0738. The van der Waals surface area contributed by atoms with E-state index < -0.39 is 46.8 Å². The number of nitrogens with zero attached hydrogens (tertiary/aromatic N) is 3. The molecule has 0 radical (unpaired) electrons. The third-order valence-electron chi connectivity index (χ3n) is 5.45. The SMILES string of the molecule is CC(C)(C)OC(=O)/N=C(/NCCCNCCCN/C(=N\C(=O)OC(C)(C)C)NC(=O)OC(C)(C)C)N(CC1CC1)C(=O)OC(C)(C)C. The van der Waals surface area contributed by atoms with Crippen molar-refractivity contribution in [1.82, 2.24) is 26.2 Å². The highest BCUT2D eigenvalue weighted by atomic mass is 16.6. The molecule has 0 spiro atoms. The molecule has 1 fully saturated rings. The molecule has 0 aliphatic heterocycles. The van der Waals surface area contributed by atoms with Crippen LogP contribution in [-0.4, -0.2) is 96.3 Å². The van der Waals surface area contributed by atoms with Crippen molar-refractivity contribution in [2.45, 2.75) is 131 Å². The van der Waals surface area contributed by atoms with E-state index in [0.29, 0.717) is 51.5 Å². The fourth-order valence-electron chi connectivity index (χ4n) is 3.54. The van der Waals surface area contributed by atoms with Crippen molar-refractivity contribution < 1.29 is 38.1 Å². The van der Waals surface area contributed by atoms with Gasteiger partial charge in [0.2, 0.25) is 11.9 Å². The van der Waals surface area contributed by atoms with Gasteiger partial charge in [-0.05, 0) is 128 Å². The van der Waals surface area contributed by atoms with Gasteiger partial charge >= 0.3 is 24.4 Å². The largest absolute Gasteiger partial charge is 0.444 e. The van der Waals surface area contributed by atoms with Gasteiger partial charge in [-0.3, -0.25) is 5.32 Å². The van der Waals surface area contributed by atoms with E-state index in [1.54, 1.807) is 83.1 Å². The van der Waals surface area contributed by atoms with Gasteiger partial charge in [0.1, 0.15) is 22.4 Å². The maximum Gasteiger partial charge on any atom is 0.437 e. The first-order valence-electron chi connectivity index (χ1n) is 16.2. The predicted octanol–water partition coefficient (Wildman–Crippen LogP) is 5.29. The number of guanidine groups is 2. The number of aliphatic imine (C=N–C) groups is 2. The second kappa shape index (κ2) is 18.1. The van der Waals surface area contributed by atoms with Crippen molar-refractivity contribution in [3.8, 4) is 0 Å². The van der Waals surface area contributed by atoms with Crippen LogP contribution in [0.25, 0.3) is 0 Å². The van der Waals surface area contributed by atoms with Gasteiger partial charge in [-0.2, -0.15) is 0 Å². The van der Waals surface area contributed by atoms with Crippen LogP contribution in [0.5, 0.6) is 0 Å². The van der Waals surface area contributed by atoms with Gasteiger partial charge in [-0.25, -0.2) is 24.1 Å². The van der Waals surface area contributed by atoms with Gasteiger partial charge in [0.05, 0.1) is 0 Å². The van der Waals surface area contributed by atoms with Crippen LogP contribution in [0.3, 0.4) is 0 Å². The molecule has 0 aromatic heterocycles. The van der Waals surface area contributed by atoms with Crippen LogP contribution >= 0.6 is 0 Å². The van der Waals surface area contributed by atoms with Gasteiger partial charge in [0.25, 0.3) is 0 Å². The van der Waals surface area contributed by atoms with Crippen LogP contribution in [0.15, 0.2) is 9.98 Å². The summed E-state index contributed by atoms with van der Waals surface area (Å²) < 4.78 is 21.5. The smallest absolute Gasteiger partial charge is 0.437 e. The molecule has 1 rings (SSSR count). The number of carbonyl (C=O) groups is 4. The fourth-order valence-corrected chi connectivity index (χ4v) is 3.54. The van der Waals surface area contributed by atoms with E-state index in [1.807, 2.05) is 0 Å². The third kappa shape index (κ3) is 22.5. The third-order valence-corrected chi connectivity index (χ3v) is 5.45. The summed E-state index contributed by atoms with van der Waals surface area (Å²) in [6.45, 7) is 23.4. The average molecular weight is 670 g/mol. The molecular weight excluding hydrogens is 610 g/mol. The first kappa shape index (κ1) is 41.4. The van der Waals surface area contributed by atoms with Gasteiger partial charge in [-0.15, -0.1) is 9.98 Å². The lowest BCUT2D eigenvalue weighted by molar-refractivity contribution is 0.0355. The Labute approximate surface area is 280 Å². The standard InChI is InChI=1S/C32H59N7O8/c1-29(2,3)44-25(40)36-23(37-26(41)45-30(4,5)6)34-19-13-17-33-18-14-20-35-24(38-27(42)46-31(7,8)9)39(21-22-15-16-22)28(43)47-32(10,11)12/h22,33H,13-21H2,1-12H3,(H,35,38,42)(H2,34,36,37,40,41). The average Bonchev–Trinajstić information content (AvgIpc) is 3.65. The van der Waals surface area contributed by atoms with Crippen molar-refractivity contribution in [3.63, 3.8) is 0 Å². The number of rotatable bonds is 10. The van der Waals surface area contributed by atoms with Crippen molar-refractivity contribution in [1.29, 1.82) is 0 Å². The lowest BCUT2D eigenvalue weighted by atomic mass is 10.2. The molecule has 0 aromatic carbocycles. The number of nitrogens with one attached hydrogen (secondary N) is 4. The van der Waals surface area contributed by atoms with E-state index in [-0.39, 0.29) is 11.9 Å². The molecule has 1 aliphatic rings. The highest BCUT2D eigenvalue weighted by Gasteiger charge is 2.33. The lowest BCUT2D eigenvalue weighted by Gasteiger charge is -2.28. The molecule has 47 heavy (non-hydrogen) atoms. The van der Waals surface area contributed by atoms with E-state index in [4.69, 9.17) is 18.9 Å². The summed E-state index contributed by atoms with van der Waals surface area (Å²) in [6, 6.07) is 0. The van der Waals surface area contributed by atoms with E-state index in [1.165, 1.54) is 4.90 Å². The molecule has 15 heteroatoms. The summed E-state index contributed by atoms with van der Waals surface area (Å²) in [6.07, 6.45) is 0.278. The number of hydrogen-bond acceptors (Lipinski definition) is 9. The van der Waals surface area contributed by atoms with Crippen LogP contribution < -0.4 is 21.3 Å². The van der Waals surface area contributed by atoms with E-state index in [2.05, 4.69) is 31.3 Å². The van der Waals surface area contributed by atoms with E-state index in [9.17, 15) is 19.2 Å². The molecule has 270 valence electrons. The van der Waals surface area contributed by atoms with Crippen LogP contribution in [0, 0.1) is 5.92 Å². The summed E-state index contributed by atoms with van der Waals surface area (Å²) in [4.78, 5) is 59.5. The van der Waals surface area contributed by atoms with Crippen LogP contribution in [0.2, 0.25) is 0 Å². The zero-order chi connectivity index (χ0) is 36.1. The molecule has 15 nitrogen and oxygen atoms in total. The Morgan fingerprint density at radius 1 is 0.638 bits per heavy atom. The van der Waals surface area contributed by atoms with Crippen molar-refractivity contribution in [3.05, 3.63) is 0 Å². The highest BCUT2D eigenvalue weighted by Crippen LogP contribution is 2.30. The number of carbonyl (C=O) groups excluding carboxylic acids is 4. The fraction of sp³-hybridized carbons (Fsp3) is 0.812. The van der Waals surface area contributed by atoms with Crippen molar-refractivity contribution >= 4 is 36.3 Å². The molecule has 1 aliphatic carbocycles. The van der Waals surface area contributed by atoms with Crippen LogP contribution in [0.4, 0.5) is 19.2 Å². The monoisotopic (exact) mass is 669 g/mol. The zero-order valence-corrected chi connectivity index (χ0v) is 30.5. The second-order valence-electron chi connectivity index (χ2n) is 15.3. The Balaban J connectivity index is 2.70. The first-order chi connectivity index (χ1) is 21.4. The van der Waals surface area contributed by atoms with Gasteiger partial charge in [-0.1, -0.05) is 0 Å². The Kier molecular flexibility index (Phi) is 15.9. The van der Waals surface area contributed by atoms with Gasteiger partial charge < -0.3 is 34.9 Å². The maximum absolute atomic E-state index is 13.1. The quantitative estimate of drug-likeness (QED) is 0.103. The van der Waals surface area contributed by atoms with E-state index >= 15 is 0 Å². The molecule has 0 bridgehead atoms. The molecule has 0 heterocycles. The molecule has 0 unspecified atom stereocenters. The molecule has 4 amide bonds. The number of alkyl carbamates (subject to hydrolysis) is 1. The predicted molar refractivity (Wildman–Crippen MR) is 180 cm³/mol. The first-order valence-corrected chi connectivity index (χ1v) is 16.2. The van der Waals surface area contributed by atoms with Crippen LogP contribution in [0.1, 0.15) is 109 Å². The summed E-state index contributed by atoms with van der Waals surface area (Å²) >= 11 is 0. The Hall–Kier alpha value is -3.62. The number of amides is 4. The van der Waals surface area contributed by atoms with E-state index in [0.717, 1.165) is 12.8 Å². The second-order valence-corrected chi connectivity index (χ2v) is 15.3. The Morgan fingerprint density at radius 3 is 1.57 bits per heavy atom. The Bertz CT molecular complexity index is 1110. The Morgan fingerprint density at radius 2 is 1.11 bits per heavy atom. The molecule has 0 saturated heterocycles. The number of hydrogen-bond donors (Lipinski definition) is 4. The molecular formula is C32H59N7O8. The summed E-state index contributed by atoms with van der Waals surface area (Å²) in [5.41, 5.74) is -2.94. The van der Waals surface area contributed by atoms with Gasteiger partial charge in [0.15, 0.2) is 0 Å². The molecule has 4 N–H and O–H groups in total. The van der Waals surface area contributed by atoms with Crippen LogP contribution in [-0.2, 0) is 18.9 Å². The van der Waals surface area contributed by atoms with Gasteiger partial charge in [0, 0.05) is 19.6 Å². The lowest BCUT2D eigenvalue weighted by Crippen LogP contribution is -2.49. The minimum atomic E-state index is -0.848. The molecule has 0 atom stereocenters. The summed E-state index contributed by atoms with van der Waals surface area (Å²) in [7, 11) is 0. The normalized spacial score (nSPS) is 14.6. The van der Waals surface area contributed by atoms with Crippen molar-refractivity contribution in [2.24, 2.45) is 15.9 Å². The summed E-state index contributed by atoms with van der Waals surface area (Å²) in [5, 5.41) is 11.8. The zero-order valence-electron chi connectivity index (χ0n) is 30.5. The molecule has 1 saturated carbocycles.